The molecule has 0 saturated heterocycles. The number of fused-ring (bicyclic) bond motifs is 1. The highest BCUT2D eigenvalue weighted by molar-refractivity contribution is 6.30. The monoisotopic (exact) mass is 347 g/mol. The Bertz CT molecular complexity index is 917. The first-order valence-electron chi connectivity index (χ1n) is 7.56. The van der Waals surface area contributed by atoms with Gasteiger partial charge in [0.1, 0.15) is 0 Å². The Hall–Kier alpha value is -2.60. The van der Waals surface area contributed by atoms with Crippen LogP contribution in [0.25, 0.3) is 11.0 Å². The number of hydrogen-bond acceptors (Lipinski definition) is 4. The molecule has 2 aromatic carbocycles. The summed E-state index contributed by atoms with van der Waals surface area (Å²) < 4.78 is 11.1. The molecular formula is C17H18ClN3O3. The first-order valence-corrected chi connectivity index (χ1v) is 7.93. The van der Waals surface area contributed by atoms with E-state index >= 15 is 0 Å². The van der Waals surface area contributed by atoms with Crippen LogP contribution in [0, 0.1) is 0 Å². The second-order valence-corrected chi connectivity index (χ2v) is 5.66. The fourth-order valence-corrected chi connectivity index (χ4v) is 2.78. The summed E-state index contributed by atoms with van der Waals surface area (Å²) in [6.07, 6.45) is 0. The zero-order valence-corrected chi connectivity index (χ0v) is 14.2. The number of halogens is 1. The standard InChI is InChI=1S/C17H18ClN3O3/c1-3-24-16-10(6-11(18)7-15(16)23-2)9-19-12-4-5-13-14(8-12)21-17(22)20-13/h4-8,19H,3,9H2,1-2H3,(H2,20,21,22). The van der Waals surface area contributed by atoms with Crippen LogP contribution >= 0.6 is 11.6 Å². The third kappa shape index (κ3) is 3.33. The zero-order chi connectivity index (χ0) is 17.1. The van der Waals surface area contributed by atoms with E-state index < -0.39 is 0 Å². The fourth-order valence-electron chi connectivity index (χ4n) is 2.55. The predicted octanol–water partition coefficient (Wildman–Crippen LogP) is 3.53. The second kappa shape index (κ2) is 6.88. The fraction of sp³-hybridized carbons (Fsp3) is 0.235. The molecule has 0 spiro atoms. The smallest absolute Gasteiger partial charge is 0.323 e. The summed E-state index contributed by atoms with van der Waals surface area (Å²) in [6, 6.07) is 9.19. The summed E-state index contributed by atoms with van der Waals surface area (Å²) in [4.78, 5) is 16.8. The number of benzene rings is 2. The van der Waals surface area contributed by atoms with Gasteiger partial charge in [-0.15, -0.1) is 0 Å². The van der Waals surface area contributed by atoms with Crippen LogP contribution in [-0.2, 0) is 6.54 Å². The molecule has 7 heteroatoms. The van der Waals surface area contributed by atoms with E-state index in [-0.39, 0.29) is 5.69 Å². The van der Waals surface area contributed by atoms with Crippen molar-refractivity contribution in [3.63, 3.8) is 0 Å². The van der Waals surface area contributed by atoms with Gasteiger partial charge in [-0.25, -0.2) is 4.79 Å². The van der Waals surface area contributed by atoms with E-state index in [1.807, 2.05) is 31.2 Å². The molecule has 126 valence electrons. The molecule has 0 unspecified atom stereocenters. The molecule has 0 amide bonds. The summed E-state index contributed by atoms with van der Waals surface area (Å²) in [5.74, 6) is 1.28. The van der Waals surface area contributed by atoms with Crippen LogP contribution in [0.5, 0.6) is 11.5 Å². The van der Waals surface area contributed by atoms with Crippen LogP contribution in [0.3, 0.4) is 0 Å². The van der Waals surface area contributed by atoms with E-state index in [9.17, 15) is 4.79 Å². The maximum atomic E-state index is 11.3. The molecule has 3 rings (SSSR count). The van der Waals surface area contributed by atoms with Crippen molar-refractivity contribution in [1.29, 1.82) is 0 Å². The number of hydrogen-bond donors (Lipinski definition) is 3. The van der Waals surface area contributed by atoms with Gasteiger partial charge in [0, 0.05) is 28.9 Å². The number of rotatable bonds is 6. The van der Waals surface area contributed by atoms with Crippen molar-refractivity contribution < 1.29 is 9.47 Å². The predicted molar refractivity (Wildman–Crippen MR) is 95.4 cm³/mol. The summed E-state index contributed by atoms with van der Waals surface area (Å²) in [5, 5.41) is 3.89. The molecule has 0 aliphatic heterocycles. The molecule has 3 aromatic rings. The molecule has 24 heavy (non-hydrogen) atoms. The average Bonchev–Trinajstić information content (AvgIpc) is 2.93. The van der Waals surface area contributed by atoms with Crippen LogP contribution < -0.4 is 20.5 Å². The number of anilines is 1. The van der Waals surface area contributed by atoms with Crippen molar-refractivity contribution in [2.24, 2.45) is 0 Å². The molecule has 0 saturated carbocycles. The molecule has 1 heterocycles. The minimum Gasteiger partial charge on any atom is -0.493 e. The number of imidazole rings is 1. The number of aromatic nitrogens is 2. The van der Waals surface area contributed by atoms with Crippen molar-refractivity contribution in [2.75, 3.05) is 19.0 Å². The number of H-pyrrole nitrogens is 2. The van der Waals surface area contributed by atoms with Gasteiger partial charge in [-0.2, -0.15) is 0 Å². The van der Waals surface area contributed by atoms with Crippen LogP contribution in [0.4, 0.5) is 5.69 Å². The van der Waals surface area contributed by atoms with Crippen LogP contribution in [0.1, 0.15) is 12.5 Å². The average molecular weight is 348 g/mol. The molecule has 0 aliphatic carbocycles. The number of ether oxygens (including phenoxy) is 2. The van der Waals surface area contributed by atoms with Gasteiger partial charge in [0.05, 0.1) is 24.8 Å². The van der Waals surface area contributed by atoms with Crippen molar-refractivity contribution in [3.05, 3.63) is 51.4 Å². The molecule has 0 aliphatic rings. The molecule has 0 radical (unpaired) electrons. The van der Waals surface area contributed by atoms with Gasteiger partial charge in [0.2, 0.25) is 0 Å². The Morgan fingerprint density at radius 2 is 1.96 bits per heavy atom. The SMILES string of the molecule is CCOc1c(CNc2ccc3[nH]c(=O)[nH]c3c2)cc(Cl)cc1OC. The maximum absolute atomic E-state index is 11.3. The summed E-state index contributed by atoms with van der Waals surface area (Å²) in [7, 11) is 1.58. The lowest BCUT2D eigenvalue weighted by molar-refractivity contribution is 0.308. The minimum absolute atomic E-state index is 0.222. The molecule has 0 fully saturated rings. The van der Waals surface area contributed by atoms with Crippen LogP contribution in [-0.4, -0.2) is 23.7 Å². The summed E-state index contributed by atoms with van der Waals surface area (Å²) >= 11 is 6.16. The first-order chi connectivity index (χ1) is 11.6. The molecular weight excluding hydrogens is 330 g/mol. The highest BCUT2D eigenvalue weighted by Crippen LogP contribution is 2.35. The van der Waals surface area contributed by atoms with Gasteiger partial charge in [0.25, 0.3) is 0 Å². The lowest BCUT2D eigenvalue weighted by atomic mass is 10.1. The first kappa shape index (κ1) is 16.3. The van der Waals surface area contributed by atoms with Crippen molar-refractivity contribution in [1.82, 2.24) is 9.97 Å². The second-order valence-electron chi connectivity index (χ2n) is 5.22. The quantitative estimate of drug-likeness (QED) is 0.637. The normalized spacial score (nSPS) is 10.8. The van der Waals surface area contributed by atoms with Crippen molar-refractivity contribution >= 4 is 28.3 Å². The zero-order valence-electron chi connectivity index (χ0n) is 13.4. The largest absolute Gasteiger partial charge is 0.493 e. The number of aromatic amines is 2. The van der Waals surface area contributed by atoms with E-state index in [0.29, 0.717) is 29.7 Å². The summed E-state index contributed by atoms with van der Waals surface area (Å²) in [5.41, 5.74) is 3.06. The highest BCUT2D eigenvalue weighted by atomic mass is 35.5. The summed E-state index contributed by atoms with van der Waals surface area (Å²) in [6.45, 7) is 2.95. The van der Waals surface area contributed by atoms with E-state index in [1.54, 1.807) is 13.2 Å². The van der Waals surface area contributed by atoms with Crippen molar-refractivity contribution in [3.8, 4) is 11.5 Å². The maximum Gasteiger partial charge on any atom is 0.323 e. The Balaban J connectivity index is 1.86. The van der Waals surface area contributed by atoms with Crippen LogP contribution in [0.15, 0.2) is 35.1 Å². The molecule has 6 nitrogen and oxygen atoms in total. The van der Waals surface area contributed by atoms with E-state index in [4.69, 9.17) is 21.1 Å². The van der Waals surface area contributed by atoms with Crippen LogP contribution in [0.2, 0.25) is 5.02 Å². The van der Waals surface area contributed by atoms with Gasteiger partial charge in [-0.1, -0.05) is 11.6 Å². The Kier molecular flexibility index (Phi) is 4.66. The van der Waals surface area contributed by atoms with E-state index in [2.05, 4.69) is 15.3 Å². The lowest BCUT2D eigenvalue weighted by Gasteiger charge is -2.16. The third-order valence-corrected chi connectivity index (χ3v) is 3.82. The molecule has 3 N–H and O–H groups in total. The Morgan fingerprint density at radius 1 is 1.17 bits per heavy atom. The van der Waals surface area contributed by atoms with Gasteiger partial charge in [-0.3, -0.25) is 0 Å². The number of methoxy groups -OCH3 is 1. The van der Waals surface area contributed by atoms with Gasteiger partial charge < -0.3 is 24.8 Å². The highest BCUT2D eigenvalue weighted by Gasteiger charge is 2.12. The van der Waals surface area contributed by atoms with Gasteiger partial charge >= 0.3 is 5.69 Å². The number of nitrogens with one attached hydrogen (secondary N) is 3. The van der Waals surface area contributed by atoms with E-state index in [0.717, 1.165) is 22.3 Å². The van der Waals surface area contributed by atoms with Gasteiger partial charge in [0.15, 0.2) is 11.5 Å². The molecule has 1 aromatic heterocycles. The Morgan fingerprint density at radius 3 is 2.71 bits per heavy atom. The molecule has 0 atom stereocenters. The van der Waals surface area contributed by atoms with E-state index in [1.165, 1.54) is 0 Å². The third-order valence-electron chi connectivity index (χ3n) is 3.60. The lowest BCUT2D eigenvalue weighted by Crippen LogP contribution is -2.05. The Labute approximate surface area is 143 Å². The topological polar surface area (TPSA) is 79.1 Å². The van der Waals surface area contributed by atoms with Gasteiger partial charge in [-0.05, 0) is 31.2 Å². The minimum atomic E-state index is -0.222. The van der Waals surface area contributed by atoms with Crippen molar-refractivity contribution in [2.45, 2.75) is 13.5 Å². The molecule has 0 bridgehead atoms.